The van der Waals surface area contributed by atoms with Gasteiger partial charge in [0.2, 0.25) is 0 Å². The Balaban J connectivity index is 1.86. The highest BCUT2D eigenvalue weighted by atomic mass is 32.1. The van der Waals surface area contributed by atoms with Crippen molar-refractivity contribution in [2.24, 2.45) is 0 Å². The van der Waals surface area contributed by atoms with Crippen molar-refractivity contribution in [3.8, 4) is 0 Å². The Hall–Kier alpha value is -1.23. The fourth-order valence-electron chi connectivity index (χ4n) is 1.62. The van der Waals surface area contributed by atoms with Gasteiger partial charge in [-0.3, -0.25) is 0 Å². The van der Waals surface area contributed by atoms with Crippen LogP contribution in [-0.4, -0.2) is 16.6 Å². The number of nitrogens with one attached hydrogen (secondary N) is 1. The van der Waals surface area contributed by atoms with Gasteiger partial charge >= 0.3 is 0 Å². The van der Waals surface area contributed by atoms with Gasteiger partial charge in [0, 0.05) is 18.0 Å². The lowest BCUT2D eigenvalue weighted by molar-refractivity contribution is 0.170. The van der Waals surface area contributed by atoms with Gasteiger partial charge in [-0.05, 0) is 12.5 Å². The van der Waals surface area contributed by atoms with E-state index in [1.54, 1.807) is 11.3 Å². The van der Waals surface area contributed by atoms with Crippen LogP contribution in [0.3, 0.4) is 0 Å². The highest BCUT2D eigenvalue weighted by Gasteiger charge is 2.11. The van der Waals surface area contributed by atoms with Crippen LogP contribution in [0.1, 0.15) is 30.3 Å². The third-order valence-corrected chi connectivity index (χ3v) is 3.30. The number of rotatable bonds is 5. The van der Waals surface area contributed by atoms with Crippen LogP contribution in [0.15, 0.2) is 41.2 Å². The molecule has 17 heavy (non-hydrogen) atoms. The second kappa shape index (κ2) is 5.91. The number of aliphatic hydroxyl groups excluding tert-OH is 1. The first-order chi connectivity index (χ1) is 8.27. The van der Waals surface area contributed by atoms with Crippen molar-refractivity contribution in [2.75, 3.05) is 6.54 Å². The molecular formula is C13H16N2OS. The first-order valence-corrected chi connectivity index (χ1v) is 6.56. The van der Waals surface area contributed by atoms with Crippen molar-refractivity contribution >= 4 is 11.3 Å². The van der Waals surface area contributed by atoms with Crippen molar-refractivity contribution in [2.45, 2.75) is 19.1 Å². The lowest BCUT2D eigenvalue weighted by Crippen LogP contribution is -2.24. The molecule has 2 rings (SSSR count). The smallest absolute Gasteiger partial charge is 0.0914 e. The van der Waals surface area contributed by atoms with E-state index in [4.69, 9.17) is 0 Å². The molecule has 0 bridgehead atoms. The Morgan fingerprint density at radius 3 is 2.76 bits per heavy atom. The van der Waals surface area contributed by atoms with Gasteiger partial charge in [0.15, 0.2) is 0 Å². The maximum absolute atomic E-state index is 9.99. The van der Waals surface area contributed by atoms with Crippen molar-refractivity contribution < 1.29 is 5.11 Å². The molecule has 1 aromatic carbocycles. The summed E-state index contributed by atoms with van der Waals surface area (Å²) in [6.45, 7) is 2.58. The van der Waals surface area contributed by atoms with Crippen molar-refractivity contribution in [3.05, 3.63) is 52.5 Å². The number of nitrogens with zero attached hydrogens (tertiary/aromatic N) is 1. The van der Waals surface area contributed by atoms with Gasteiger partial charge in [0.1, 0.15) is 0 Å². The van der Waals surface area contributed by atoms with Crippen LogP contribution < -0.4 is 5.32 Å². The highest BCUT2D eigenvalue weighted by Crippen LogP contribution is 2.15. The maximum Gasteiger partial charge on any atom is 0.0914 e. The summed E-state index contributed by atoms with van der Waals surface area (Å²) >= 11 is 1.58. The summed E-state index contributed by atoms with van der Waals surface area (Å²) in [6.07, 6.45) is -0.475. The molecule has 1 heterocycles. The van der Waals surface area contributed by atoms with E-state index >= 15 is 0 Å². The normalized spacial score (nSPS) is 14.5. The zero-order valence-corrected chi connectivity index (χ0v) is 10.5. The second-order valence-electron chi connectivity index (χ2n) is 3.97. The molecule has 3 nitrogen and oxygen atoms in total. The van der Waals surface area contributed by atoms with Gasteiger partial charge in [-0.15, -0.1) is 11.3 Å². The lowest BCUT2D eigenvalue weighted by atomic mass is 10.1. The monoisotopic (exact) mass is 248 g/mol. The van der Waals surface area contributed by atoms with E-state index in [2.05, 4.69) is 10.3 Å². The van der Waals surface area contributed by atoms with Gasteiger partial charge in [0.25, 0.3) is 0 Å². The fraction of sp³-hybridized carbons (Fsp3) is 0.308. The highest BCUT2D eigenvalue weighted by molar-refractivity contribution is 7.07. The summed E-state index contributed by atoms with van der Waals surface area (Å²) in [5.74, 6) is 0. The molecule has 2 atom stereocenters. The fourth-order valence-corrected chi connectivity index (χ4v) is 2.27. The van der Waals surface area contributed by atoms with Crippen LogP contribution in [0.5, 0.6) is 0 Å². The zero-order chi connectivity index (χ0) is 12.1. The molecule has 1 aromatic heterocycles. The first kappa shape index (κ1) is 12.2. The molecule has 0 aliphatic heterocycles. The van der Waals surface area contributed by atoms with E-state index in [0.29, 0.717) is 6.54 Å². The molecule has 0 aliphatic rings. The average molecular weight is 248 g/mol. The molecule has 0 fully saturated rings. The number of aliphatic hydroxyl groups is 1. The van der Waals surface area contributed by atoms with Gasteiger partial charge in [-0.25, -0.2) is 4.98 Å². The summed E-state index contributed by atoms with van der Waals surface area (Å²) in [5.41, 5.74) is 3.78. The van der Waals surface area contributed by atoms with Crippen LogP contribution in [0.2, 0.25) is 0 Å². The molecule has 90 valence electrons. The van der Waals surface area contributed by atoms with E-state index in [9.17, 15) is 5.11 Å². The quantitative estimate of drug-likeness (QED) is 0.854. The number of thiazole rings is 1. The second-order valence-corrected chi connectivity index (χ2v) is 4.69. The molecule has 0 spiro atoms. The molecule has 0 aliphatic carbocycles. The number of benzene rings is 1. The maximum atomic E-state index is 9.99. The Morgan fingerprint density at radius 1 is 1.35 bits per heavy atom. The average Bonchev–Trinajstić information content (AvgIpc) is 2.90. The van der Waals surface area contributed by atoms with E-state index < -0.39 is 6.10 Å². The number of hydrogen-bond donors (Lipinski definition) is 2. The Kier molecular flexibility index (Phi) is 4.25. The van der Waals surface area contributed by atoms with Gasteiger partial charge in [-0.1, -0.05) is 30.3 Å². The molecule has 0 saturated heterocycles. The molecule has 0 amide bonds. The predicted molar refractivity (Wildman–Crippen MR) is 69.9 cm³/mol. The SMILES string of the molecule is CC(NCC(O)c1ccccc1)c1cscn1. The van der Waals surface area contributed by atoms with E-state index in [1.807, 2.05) is 48.1 Å². The van der Waals surface area contributed by atoms with Gasteiger partial charge < -0.3 is 10.4 Å². The Labute approximate surface area is 105 Å². The summed E-state index contributed by atoms with van der Waals surface area (Å²) in [4.78, 5) is 4.24. The van der Waals surface area contributed by atoms with Crippen LogP contribution in [0.25, 0.3) is 0 Å². The molecule has 2 unspecified atom stereocenters. The molecule has 0 saturated carbocycles. The number of hydrogen-bond acceptors (Lipinski definition) is 4. The van der Waals surface area contributed by atoms with E-state index in [-0.39, 0.29) is 6.04 Å². The minimum absolute atomic E-state index is 0.166. The molecule has 4 heteroatoms. The summed E-state index contributed by atoms with van der Waals surface area (Å²) in [6, 6.07) is 9.84. The van der Waals surface area contributed by atoms with Crippen molar-refractivity contribution in [3.63, 3.8) is 0 Å². The Bertz CT molecular complexity index is 430. The van der Waals surface area contributed by atoms with Crippen molar-refractivity contribution in [1.82, 2.24) is 10.3 Å². The predicted octanol–water partition coefficient (Wildman–Crippen LogP) is 2.53. The Morgan fingerprint density at radius 2 is 2.12 bits per heavy atom. The molecule has 2 N–H and O–H groups in total. The summed E-state index contributed by atoms with van der Waals surface area (Å²) in [5, 5.41) is 15.3. The third kappa shape index (κ3) is 3.36. The van der Waals surface area contributed by atoms with Crippen LogP contribution in [0, 0.1) is 0 Å². The standard InChI is InChI=1S/C13H16N2OS/c1-10(12-8-17-9-15-12)14-7-13(16)11-5-3-2-4-6-11/h2-6,8-10,13-14,16H,7H2,1H3. The topological polar surface area (TPSA) is 45.1 Å². The van der Waals surface area contributed by atoms with Crippen molar-refractivity contribution in [1.29, 1.82) is 0 Å². The van der Waals surface area contributed by atoms with Crippen LogP contribution in [-0.2, 0) is 0 Å². The van der Waals surface area contributed by atoms with E-state index in [0.717, 1.165) is 11.3 Å². The lowest BCUT2D eigenvalue weighted by Gasteiger charge is -2.16. The summed E-state index contributed by atoms with van der Waals surface area (Å²) < 4.78 is 0. The molecule has 2 aromatic rings. The van der Waals surface area contributed by atoms with Crippen LogP contribution >= 0.6 is 11.3 Å². The minimum Gasteiger partial charge on any atom is -0.387 e. The first-order valence-electron chi connectivity index (χ1n) is 5.62. The van der Waals surface area contributed by atoms with Gasteiger partial charge in [0.05, 0.1) is 17.3 Å². The summed E-state index contributed by atoms with van der Waals surface area (Å²) in [7, 11) is 0. The van der Waals surface area contributed by atoms with Gasteiger partial charge in [-0.2, -0.15) is 0 Å². The van der Waals surface area contributed by atoms with E-state index in [1.165, 1.54) is 0 Å². The third-order valence-electron chi connectivity index (χ3n) is 2.70. The zero-order valence-electron chi connectivity index (χ0n) is 9.71. The molecule has 0 radical (unpaired) electrons. The minimum atomic E-state index is -0.475. The largest absolute Gasteiger partial charge is 0.387 e. The molecular weight excluding hydrogens is 232 g/mol. The number of aromatic nitrogens is 1. The van der Waals surface area contributed by atoms with Crippen LogP contribution in [0.4, 0.5) is 0 Å².